The van der Waals surface area contributed by atoms with Gasteiger partial charge in [-0.1, -0.05) is 39.5 Å². The highest BCUT2D eigenvalue weighted by molar-refractivity contribution is 6.00. The molecule has 0 bridgehead atoms. The Balaban J connectivity index is 1.91. The maximum absolute atomic E-state index is 13.2. The SMILES string of the molecule is CC1CCCC(N2C(=O)C3(CCCC3)NC(=O)C2C)C1C. The molecule has 4 unspecified atom stereocenters. The van der Waals surface area contributed by atoms with Crippen LogP contribution in [0.1, 0.15) is 65.7 Å². The third-order valence-corrected chi connectivity index (χ3v) is 6.28. The predicted octanol–water partition coefficient (Wildman–Crippen LogP) is 2.47. The van der Waals surface area contributed by atoms with Crippen molar-refractivity contribution in [2.24, 2.45) is 11.8 Å². The molecule has 2 aliphatic carbocycles. The molecule has 0 aromatic heterocycles. The minimum Gasteiger partial charge on any atom is -0.340 e. The fraction of sp³-hybridized carbons (Fsp3) is 0.882. The highest BCUT2D eigenvalue weighted by Crippen LogP contribution is 2.40. The Morgan fingerprint density at radius 3 is 2.38 bits per heavy atom. The van der Waals surface area contributed by atoms with Crippen LogP contribution in [0.4, 0.5) is 0 Å². The number of nitrogens with one attached hydrogen (secondary N) is 1. The summed E-state index contributed by atoms with van der Waals surface area (Å²) in [6, 6.07) is -0.0822. The van der Waals surface area contributed by atoms with Crippen LogP contribution in [0.25, 0.3) is 0 Å². The van der Waals surface area contributed by atoms with Crippen LogP contribution in [-0.4, -0.2) is 34.3 Å². The highest BCUT2D eigenvalue weighted by Gasteiger charge is 2.53. The van der Waals surface area contributed by atoms with E-state index in [9.17, 15) is 9.59 Å². The fourth-order valence-corrected chi connectivity index (χ4v) is 4.64. The van der Waals surface area contributed by atoms with Crippen LogP contribution in [0.5, 0.6) is 0 Å². The molecule has 3 fully saturated rings. The van der Waals surface area contributed by atoms with Crippen molar-refractivity contribution in [3.05, 3.63) is 0 Å². The molecule has 4 heteroatoms. The molecule has 0 aromatic carbocycles. The van der Waals surface area contributed by atoms with Gasteiger partial charge in [0, 0.05) is 6.04 Å². The summed E-state index contributed by atoms with van der Waals surface area (Å²) in [4.78, 5) is 27.6. The number of nitrogens with zero attached hydrogens (tertiary/aromatic N) is 1. The number of piperazine rings is 1. The topological polar surface area (TPSA) is 49.4 Å². The normalized spacial score (nSPS) is 39.7. The first-order chi connectivity index (χ1) is 9.96. The number of hydrogen-bond donors (Lipinski definition) is 1. The zero-order chi connectivity index (χ0) is 15.2. The summed E-state index contributed by atoms with van der Waals surface area (Å²) >= 11 is 0. The van der Waals surface area contributed by atoms with E-state index < -0.39 is 5.54 Å². The molecule has 1 heterocycles. The van der Waals surface area contributed by atoms with Crippen LogP contribution in [0.3, 0.4) is 0 Å². The van der Waals surface area contributed by atoms with Gasteiger partial charge in [0.2, 0.25) is 11.8 Å². The van der Waals surface area contributed by atoms with Gasteiger partial charge in [-0.25, -0.2) is 0 Å². The van der Waals surface area contributed by atoms with Crippen molar-refractivity contribution in [2.75, 3.05) is 0 Å². The minimum atomic E-state index is -0.579. The Labute approximate surface area is 127 Å². The predicted molar refractivity (Wildman–Crippen MR) is 81.6 cm³/mol. The maximum Gasteiger partial charge on any atom is 0.249 e. The molecule has 3 aliphatic rings. The third kappa shape index (κ3) is 2.27. The van der Waals surface area contributed by atoms with Crippen LogP contribution in [0, 0.1) is 11.8 Å². The molecule has 1 spiro atoms. The van der Waals surface area contributed by atoms with Crippen LogP contribution in [-0.2, 0) is 9.59 Å². The fourth-order valence-electron chi connectivity index (χ4n) is 4.64. The number of carbonyl (C=O) groups excluding carboxylic acids is 2. The Morgan fingerprint density at radius 1 is 1.05 bits per heavy atom. The van der Waals surface area contributed by atoms with E-state index in [4.69, 9.17) is 0 Å². The summed E-state index contributed by atoms with van der Waals surface area (Å²) in [5.41, 5.74) is -0.579. The summed E-state index contributed by atoms with van der Waals surface area (Å²) in [6.07, 6.45) is 7.18. The number of hydrogen-bond acceptors (Lipinski definition) is 2. The lowest BCUT2D eigenvalue weighted by atomic mass is 9.75. The van der Waals surface area contributed by atoms with Crippen molar-refractivity contribution in [1.82, 2.24) is 10.2 Å². The van der Waals surface area contributed by atoms with Crippen LogP contribution in [0.15, 0.2) is 0 Å². The molecular weight excluding hydrogens is 264 g/mol. The van der Waals surface area contributed by atoms with Crippen molar-refractivity contribution in [3.63, 3.8) is 0 Å². The summed E-state index contributed by atoms with van der Waals surface area (Å²) < 4.78 is 0. The van der Waals surface area contributed by atoms with Gasteiger partial charge in [-0.2, -0.15) is 0 Å². The van der Waals surface area contributed by atoms with Crippen molar-refractivity contribution in [2.45, 2.75) is 83.3 Å². The zero-order valence-electron chi connectivity index (χ0n) is 13.5. The number of carbonyl (C=O) groups is 2. The molecule has 3 rings (SSSR count). The van der Waals surface area contributed by atoms with Crippen LogP contribution >= 0.6 is 0 Å². The molecular formula is C17H28N2O2. The summed E-state index contributed by atoms with van der Waals surface area (Å²) in [5, 5.41) is 3.06. The van der Waals surface area contributed by atoms with E-state index in [-0.39, 0.29) is 23.9 Å². The van der Waals surface area contributed by atoms with E-state index >= 15 is 0 Å². The summed E-state index contributed by atoms with van der Waals surface area (Å²) in [5.74, 6) is 1.35. The number of rotatable bonds is 1. The second kappa shape index (κ2) is 5.29. The van der Waals surface area contributed by atoms with Gasteiger partial charge < -0.3 is 10.2 Å². The first-order valence-electron chi connectivity index (χ1n) is 8.61. The van der Waals surface area contributed by atoms with Gasteiger partial charge in [0.05, 0.1) is 0 Å². The minimum absolute atomic E-state index is 0.0435. The largest absolute Gasteiger partial charge is 0.340 e. The monoisotopic (exact) mass is 292 g/mol. The summed E-state index contributed by atoms with van der Waals surface area (Å²) in [6.45, 7) is 6.42. The van der Waals surface area contributed by atoms with Crippen molar-refractivity contribution in [1.29, 1.82) is 0 Å². The smallest absolute Gasteiger partial charge is 0.249 e. The second-order valence-electron chi connectivity index (χ2n) is 7.50. The van der Waals surface area contributed by atoms with Crippen LogP contribution in [0.2, 0.25) is 0 Å². The second-order valence-corrected chi connectivity index (χ2v) is 7.50. The van der Waals surface area contributed by atoms with Gasteiger partial charge in [-0.3, -0.25) is 9.59 Å². The molecule has 0 radical (unpaired) electrons. The third-order valence-electron chi connectivity index (χ3n) is 6.28. The molecule has 1 N–H and O–H groups in total. The molecule has 21 heavy (non-hydrogen) atoms. The van der Waals surface area contributed by atoms with Crippen molar-refractivity contribution in [3.8, 4) is 0 Å². The van der Waals surface area contributed by atoms with E-state index in [2.05, 4.69) is 19.2 Å². The maximum atomic E-state index is 13.2. The van der Waals surface area contributed by atoms with Crippen LogP contribution < -0.4 is 5.32 Å². The van der Waals surface area contributed by atoms with Gasteiger partial charge >= 0.3 is 0 Å². The standard InChI is InChI=1S/C17H28N2O2/c1-11-7-6-8-14(12(11)2)19-13(3)15(20)18-17(16(19)21)9-4-5-10-17/h11-14H,4-10H2,1-3H3,(H,18,20). The average Bonchev–Trinajstić information content (AvgIpc) is 2.91. The first kappa shape index (κ1) is 14.9. The Kier molecular flexibility index (Phi) is 3.74. The van der Waals surface area contributed by atoms with Gasteiger partial charge in [0.1, 0.15) is 11.6 Å². The van der Waals surface area contributed by atoms with Gasteiger partial charge in [-0.15, -0.1) is 0 Å². The lowest BCUT2D eigenvalue weighted by Gasteiger charge is -2.50. The first-order valence-corrected chi connectivity index (χ1v) is 8.61. The molecule has 2 saturated carbocycles. The van der Waals surface area contributed by atoms with E-state index in [1.165, 1.54) is 12.8 Å². The molecule has 2 amide bonds. The van der Waals surface area contributed by atoms with E-state index in [1.54, 1.807) is 0 Å². The van der Waals surface area contributed by atoms with E-state index in [1.807, 2.05) is 11.8 Å². The number of amides is 2. The van der Waals surface area contributed by atoms with Gasteiger partial charge in [0.15, 0.2) is 0 Å². The molecule has 0 aromatic rings. The van der Waals surface area contributed by atoms with Gasteiger partial charge in [-0.05, 0) is 38.0 Å². The Morgan fingerprint density at radius 2 is 1.71 bits per heavy atom. The van der Waals surface area contributed by atoms with E-state index in [0.717, 1.165) is 32.1 Å². The lowest BCUT2D eigenvalue weighted by molar-refractivity contribution is -0.159. The summed E-state index contributed by atoms with van der Waals surface area (Å²) in [7, 11) is 0. The molecule has 4 atom stereocenters. The zero-order valence-corrected chi connectivity index (χ0v) is 13.5. The molecule has 1 saturated heterocycles. The molecule has 118 valence electrons. The Bertz CT molecular complexity index is 442. The van der Waals surface area contributed by atoms with Crippen molar-refractivity contribution < 1.29 is 9.59 Å². The quantitative estimate of drug-likeness (QED) is 0.807. The molecule has 1 aliphatic heterocycles. The van der Waals surface area contributed by atoms with Crippen molar-refractivity contribution >= 4 is 11.8 Å². The lowest BCUT2D eigenvalue weighted by Crippen LogP contribution is -2.71. The average molecular weight is 292 g/mol. The van der Waals surface area contributed by atoms with Gasteiger partial charge in [0.25, 0.3) is 0 Å². The highest BCUT2D eigenvalue weighted by atomic mass is 16.2. The Hall–Kier alpha value is -1.06. The molecule has 4 nitrogen and oxygen atoms in total. The van der Waals surface area contributed by atoms with E-state index in [0.29, 0.717) is 11.8 Å².